The van der Waals surface area contributed by atoms with Crippen LogP contribution >= 0.6 is 11.6 Å². The molecule has 0 spiro atoms. The fourth-order valence-electron chi connectivity index (χ4n) is 2.18. The summed E-state index contributed by atoms with van der Waals surface area (Å²) in [6, 6.07) is 9.82. The third kappa shape index (κ3) is 3.94. The highest BCUT2D eigenvalue weighted by molar-refractivity contribution is 6.30. The molecule has 0 saturated heterocycles. The lowest BCUT2D eigenvalue weighted by Gasteiger charge is -2.10. The van der Waals surface area contributed by atoms with Crippen LogP contribution in [0.2, 0.25) is 5.02 Å². The molecule has 4 nitrogen and oxygen atoms in total. The fraction of sp³-hybridized carbons (Fsp3) is 0. The Morgan fingerprint density at radius 3 is 2.54 bits per heavy atom. The molecule has 0 aliphatic rings. The maximum atomic E-state index is 13.7. The van der Waals surface area contributed by atoms with E-state index in [0.29, 0.717) is 10.7 Å². The number of carbonyl (C=O) groups excluding carboxylic acids is 1. The Balaban J connectivity index is 1.80. The molecule has 3 rings (SSSR count). The molecule has 26 heavy (non-hydrogen) atoms. The first-order valence-corrected chi connectivity index (χ1v) is 7.74. The van der Waals surface area contributed by atoms with Crippen LogP contribution < -0.4 is 10.6 Å². The van der Waals surface area contributed by atoms with Gasteiger partial charge >= 0.3 is 0 Å². The number of nitrogens with zero attached hydrogens (tertiary/aromatic N) is 1. The first kappa shape index (κ1) is 17.8. The van der Waals surface area contributed by atoms with E-state index in [0.717, 1.165) is 12.1 Å². The van der Waals surface area contributed by atoms with Crippen LogP contribution in [0.4, 0.5) is 30.2 Å². The van der Waals surface area contributed by atoms with Crippen LogP contribution in [0.15, 0.2) is 54.9 Å². The molecule has 0 aliphatic carbocycles. The number of benzene rings is 2. The molecule has 0 aliphatic heterocycles. The summed E-state index contributed by atoms with van der Waals surface area (Å²) >= 11 is 5.86. The van der Waals surface area contributed by atoms with Crippen molar-refractivity contribution in [2.75, 3.05) is 10.6 Å². The number of hydrogen-bond acceptors (Lipinski definition) is 3. The lowest BCUT2D eigenvalue weighted by molar-refractivity contribution is 0.102. The summed E-state index contributed by atoms with van der Waals surface area (Å²) in [5, 5.41) is 5.67. The summed E-state index contributed by atoms with van der Waals surface area (Å²) in [7, 11) is 0. The Morgan fingerprint density at radius 1 is 0.962 bits per heavy atom. The zero-order valence-corrected chi connectivity index (χ0v) is 13.8. The van der Waals surface area contributed by atoms with Crippen LogP contribution in [-0.4, -0.2) is 10.9 Å². The summed E-state index contributed by atoms with van der Waals surface area (Å²) in [5.74, 6) is -4.70. The van der Waals surface area contributed by atoms with Crippen molar-refractivity contribution in [3.63, 3.8) is 0 Å². The van der Waals surface area contributed by atoms with Crippen molar-refractivity contribution in [2.45, 2.75) is 0 Å². The van der Waals surface area contributed by atoms with Gasteiger partial charge in [0.2, 0.25) is 0 Å². The standard InChI is InChI=1S/C18H11ClF3N3O/c19-11-2-1-3-12(7-11)25-18(26)10-6-13(9-23-8-10)24-15-5-4-14(20)16(21)17(15)22/h1-9,24H,(H,25,26). The molecule has 0 saturated carbocycles. The number of rotatable bonds is 4. The molecule has 0 atom stereocenters. The molecule has 0 bridgehead atoms. The fourth-order valence-corrected chi connectivity index (χ4v) is 2.37. The third-order valence-corrected chi connectivity index (χ3v) is 3.63. The summed E-state index contributed by atoms with van der Waals surface area (Å²) in [6.07, 6.45) is 2.63. The Bertz CT molecular complexity index is 982. The third-order valence-electron chi connectivity index (χ3n) is 3.40. The van der Waals surface area contributed by atoms with Gasteiger partial charge < -0.3 is 10.6 Å². The molecule has 2 N–H and O–H groups in total. The van der Waals surface area contributed by atoms with E-state index < -0.39 is 23.4 Å². The van der Waals surface area contributed by atoms with Crippen LogP contribution in [0.3, 0.4) is 0 Å². The van der Waals surface area contributed by atoms with Gasteiger partial charge in [0.05, 0.1) is 23.1 Å². The van der Waals surface area contributed by atoms with Gasteiger partial charge in [0.15, 0.2) is 17.5 Å². The molecular formula is C18H11ClF3N3O. The van der Waals surface area contributed by atoms with E-state index in [1.807, 2.05) is 0 Å². The minimum absolute atomic E-state index is 0.179. The second kappa shape index (κ2) is 7.45. The number of anilines is 3. The largest absolute Gasteiger partial charge is 0.352 e. The molecular weight excluding hydrogens is 367 g/mol. The van der Waals surface area contributed by atoms with Gasteiger partial charge in [-0.1, -0.05) is 17.7 Å². The van der Waals surface area contributed by atoms with E-state index >= 15 is 0 Å². The van der Waals surface area contributed by atoms with Crippen molar-refractivity contribution in [2.24, 2.45) is 0 Å². The quantitative estimate of drug-likeness (QED) is 0.618. The van der Waals surface area contributed by atoms with Crippen molar-refractivity contribution in [3.8, 4) is 0 Å². The van der Waals surface area contributed by atoms with Gasteiger partial charge in [0.1, 0.15) is 0 Å². The minimum atomic E-state index is -1.59. The SMILES string of the molecule is O=C(Nc1cccc(Cl)c1)c1cncc(Nc2ccc(F)c(F)c2F)c1. The second-order valence-electron chi connectivity index (χ2n) is 5.27. The lowest BCUT2D eigenvalue weighted by Crippen LogP contribution is -2.12. The average Bonchev–Trinajstić information content (AvgIpc) is 2.62. The summed E-state index contributed by atoms with van der Waals surface area (Å²) in [4.78, 5) is 16.2. The normalized spacial score (nSPS) is 10.5. The molecule has 2 aromatic carbocycles. The molecule has 0 fully saturated rings. The van der Waals surface area contributed by atoms with E-state index in [4.69, 9.17) is 11.6 Å². The molecule has 132 valence electrons. The van der Waals surface area contributed by atoms with Gasteiger partial charge in [-0.05, 0) is 36.4 Å². The maximum Gasteiger partial charge on any atom is 0.257 e. The number of hydrogen-bond donors (Lipinski definition) is 2. The second-order valence-corrected chi connectivity index (χ2v) is 5.71. The smallest absolute Gasteiger partial charge is 0.257 e. The Hall–Kier alpha value is -3.06. The van der Waals surface area contributed by atoms with Gasteiger partial charge in [0, 0.05) is 16.9 Å². The predicted octanol–water partition coefficient (Wildman–Crippen LogP) is 5.15. The van der Waals surface area contributed by atoms with Crippen LogP contribution in [0.5, 0.6) is 0 Å². The molecule has 0 radical (unpaired) electrons. The van der Waals surface area contributed by atoms with E-state index in [1.165, 1.54) is 18.5 Å². The Kier molecular flexibility index (Phi) is 5.09. The van der Waals surface area contributed by atoms with E-state index in [1.54, 1.807) is 24.3 Å². The molecule has 3 aromatic rings. The van der Waals surface area contributed by atoms with Gasteiger partial charge in [-0.15, -0.1) is 0 Å². The maximum absolute atomic E-state index is 13.7. The Morgan fingerprint density at radius 2 is 1.77 bits per heavy atom. The molecule has 8 heteroatoms. The molecule has 1 aromatic heterocycles. The molecule has 0 unspecified atom stereocenters. The highest BCUT2D eigenvalue weighted by atomic mass is 35.5. The van der Waals surface area contributed by atoms with Crippen LogP contribution in [0.1, 0.15) is 10.4 Å². The van der Waals surface area contributed by atoms with Crippen LogP contribution in [-0.2, 0) is 0 Å². The zero-order chi connectivity index (χ0) is 18.7. The van der Waals surface area contributed by atoms with Crippen molar-refractivity contribution in [1.29, 1.82) is 0 Å². The topological polar surface area (TPSA) is 54.0 Å². The summed E-state index contributed by atoms with van der Waals surface area (Å²) in [6.45, 7) is 0. The highest BCUT2D eigenvalue weighted by Crippen LogP contribution is 2.24. The zero-order valence-electron chi connectivity index (χ0n) is 13.1. The Labute approximate surface area is 151 Å². The summed E-state index contributed by atoms with van der Waals surface area (Å²) < 4.78 is 40.0. The van der Waals surface area contributed by atoms with Gasteiger partial charge in [-0.2, -0.15) is 0 Å². The molecule has 1 heterocycles. The highest BCUT2D eigenvalue weighted by Gasteiger charge is 2.14. The van der Waals surface area contributed by atoms with Gasteiger partial charge in [-0.25, -0.2) is 13.2 Å². The van der Waals surface area contributed by atoms with E-state index in [9.17, 15) is 18.0 Å². The number of aromatic nitrogens is 1. The average molecular weight is 378 g/mol. The van der Waals surface area contributed by atoms with E-state index in [-0.39, 0.29) is 16.9 Å². The van der Waals surface area contributed by atoms with Crippen molar-refractivity contribution in [3.05, 3.63) is 82.9 Å². The minimum Gasteiger partial charge on any atom is -0.352 e. The number of halogens is 4. The van der Waals surface area contributed by atoms with E-state index in [2.05, 4.69) is 15.6 Å². The number of pyridine rings is 1. The van der Waals surface area contributed by atoms with Crippen molar-refractivity contribution >= 4 is 34.6 Å². The number of amides is 1. The monoisotopic (exact) mass is 377 g/mol. The number of carbonyl (C=O) groups is 1. The predicted molar refractivity (Wildman–Crippen MR) is 93.2 cm³/mol. The van der Waals surface area contributed by atoms with Crippen LogP contribution in [0, 0.1) is 17.5 Å². The van der Waals surface area contributed by atoms with Crippen molar-refractivity contribution in [1.82, 2.24) is 4.98 Å². The summed E-state index contributed by atoms with van der Waals surface area (Å²) in [5.41, 5.74) is 0.622. The number of nitrogens with one attached hydrogen (secondary N) is 2. The lowest BCUT2D eigenvalue weighted by atomic mass is 10.2. The molecule has 1 amide bonds. The first-order valence-electron chi connectivity index (χ1n) is 7.36. The van der Waals surface area contributed by atoms with Gasteiger partial charge in [0.25, 0.3) is 5.91 Å². The van der Waals surface area contributed by atoms with Crippen LogP contribution in [0.25, 0.3) is 0 Å². The van der Waals surface area contributed by atoms with Crippen molar-refractivity contribution < 1.29 is 18.0 Å². The first-order chi connectivity index (χ1) is 12.4. The van der Waals surface area contributed by atoms with Gasteiger partial charge in [-0.3, -0.25) is 9.78 Å².